The Kier molecular flexibility index (Phi) is 4.99. The molecule has 0 aliphatic carbocycles. The van der Waals surface area contributed by atoms with Crippen LogP contribution in [-0.4, -0.2) is 11.0 Å². The van der Waals surface area contributed by atoms with E-state index in [1.54, 1.807) is 12.1 Å². The molecule has 3 nitrogen and oxygen atoms in total. The van der Waals surface area contributed by atoms with Gasteiger partial charge in [0.1, 0.15) is 5.75 Å². The Bertz CT molecular complexity index is 569. The van der Waals surface area contributed by atoms with Crippen molar-refractivity contribution >= 4 is 11.6 Å². The first-order chi connectivity index (χ1) is 9.58. The molecular formula is C16H19ClN2O. The normalized spacial score (nSPS) is 12.2. The molecule has 2 rings (SSSR count). The van der Waals surface area contributed by atoms with Gasteiger partial charge >= 0.3 is 0 Å². The summed E-state index contributed by atoms with van der Waals surface area (Å²) >= 11 is 5.85. The summed E-state index contributed by atoms with van der Waals surface area (Å²) in [4.78, 5) is 4.37. The summed E-state index contributed by atoms with van der Waals surface area (Å²) in [7, 11) is 0. The third kappa shape index (κ3) is 3.95. The van der Waals surface area contributed by atoms with Crippen LogP contribution in [0.3, 0.4) is 0 Å². The van der Waals surface area contributed by atoms with Crippen LogP contribution in [0.1, 0.15) is 24.5 Å². The zero-order valence-electron chi connectivity index (χ0n) is 11.8. The smallest absolute Gasteiger partial charge is 0.222 e. The lowest BCUT2D eigenvalue weighted by Gasteiger charge is -2.11. The number of nitrogens with two attached hydrogens (primary N) is 1. The predicted octanol–water partition coefficient (Wildman–Crippen LogP) is 4.12. The Morgan fingerprint density at radius 1 is 1.30 bits per heavy atom. The molecule has 1 heterocycles. The Labute approximate surface area is 124 Å². The number of pyridine rings is 1. The number of hydrogen-bond donors (Lipinski definition) is 1. The predicted molar refractivity (Wildman–Crippen MR) is 82.5 cm³/mol. The van der Waals surface area contributed by atoms with Crippen molar-refractivity contribution in [2.75, 3.05) is 0 Å². The van der Waals surface area contributed by atoms with Crippen LogP contribution >= 0.6 is 11.6 Å². The average Bonchev–Trinajstić information content (AvgIpc) is 2.44. The molecule has 0 radical (unpaired) electrons. The molecule has 0 bridgehead atoms. The van der Waals surface area contributed by atoms with Crippen molar-refractivity contribution in [1.29, 1.82) is 0 Å². The second-order valence-corrected chi connectivity index (χ2v) is 5.33. The highest BCUT2D eigenvalue weighted by molar-refractivity contribution is 6.30. The number of halogens is 1. The molecule has 1 aromatic carbocycles. The summed E-state index contributed by atoms with van der Waals surface area (Å²) in [5, 5.41) is 0.686. The molecule has 106 valence electrons. The molecule has 2 aromatic rings. The van der Waals surface area contributed by atoms with Crippen molar-refractivity contribution < 1.29 is 4.74 Å². The minimum atomic E-state index is 0.180. The van der Waals surface area contributed by atoms with Crippen LogP contribution in [0.5, 0.6) is 11.6 Å². The largest absolute Gasteiger partial charge is 0.439 e. The summed E-state index contributed by atoms with van der Waals surface area (Å²) in [5.74, 6) is 1.34. The van der Waals surface area contributed by atoms with Gasteiger partial charge in [-0.15, -0.1) is 0 Å². The zero-order valence-corrected chi connectivity index (χ0v) is 12.5. The Morgan fingerprint density at radius 2 is 2.00 bits per heavy atom. The molecular weight excluding hydrogens is 272 g/mol. The molecule has 1 atom stereocenters. The summed E-state index contributed by atoms with van der Waals surface area (Å²) in [5.41, 5.74) is 8.10. The summed E-state index contributed by atoms with van der Waals surface area (Å²) in [6.07, 6.45) is 3.63. The quantitative estimate of drug-likeness (QED) is 0.901. The summed E-state index contributed by atoms with van der Waals surface area (Å²) in [6.45, 7) is 4.07. The highest BCUT2D eigenvalue weighted by Gasteiger charge is 2.07. The van der Waals surface area contributed by atoms with Crippen LogP contribution in [0.4, 0.5) is 0 Å². The van der Waals surface area contributed by atoms with Crippen LogP contribution in [-0.2, 0) is 6.42 Å². The highest BCUT2D eigenvalue weighted by atomic mass is 35.5. The third-order valence-corrected chi connectivity index (χ3v) is 3.39. The second-order valence-electron chi connectivity index (χ2n) is 4.89. The minimum Gasteiger partial charge on any atom is -0.439 e. The maximum atomic E-state index is 5.96. The van der Waals surface area contributed by atoms with Gasteiger partial charge in [-0.05, 0) is 55.7 Å². The van der Waals surface area contributed by atoms with E-state index in [2.05, 4.69) is 18.0 Å². The first-order valence-electron chi connectivity index (χ1n) is 6.73. The van der Waals surface area contributed by atoms with Crippen LogP contribution < -0.4 is 10.5 Å². The molecule has 2 N–H and O–H groups in total. The van der Waals surface area contributed by atoms with Gasteiger partial charge < -0.3 is 10.5 Å². The molecule has 0 saturated heterocycles. The van der Waals surface area contributed by atoms with Crippen LogP contribution in [0.2, 0.25) is 5.02 Å². The van der Waals surface area contributed by atoms with Gasteiger partial charge in [0.15, 0.2) is 0 Å². The number of aromatic nitrogens is 1. The van der Waals surface area contributed by atoms with Crippen molar-refractivity contribution in [3.63, 3.8) is 0 Å². The Morgan fingerprint density at radius 3 is 2.60 bits per heavy atom. The van der Waals surface area contributed by atoms with E-state index < -0.39 is 0 Å². The third-order valence-electron chi connectivity index (χ3n) is 3.14. The van der Waals surface area contributed by atoms with E-state index in [-0.39, 0.29) is 6.04 Å². The first-order valence-corrected chi connectivity index (χ1v) is 7.10. The molecule has 0 amide bonds. The van der Waals surface area contributed by atoms with E-state index >= 15 is 0 Å². The first kappa shape index (κ1) is 14.8. The molecule has 0 saturated carbocycles. The van der Waals surface area contributed by atoms with Gasteiger partial charge in [-0.2, -0.15) is 0 Å². The van der Waals surface area contributed by atoms with E-state index in [0.29, 0.717) is 10.9 Å². The SMILES string of the molecule is CCC(N)Cc1cnc(Oc2ccc(Cl)cc2)c(C)c1. The van der Waals surface area contributed by atoms with Crippen LogP contribution in [0.25, 0.3) is 0 Å². The highest BCUT2D eigenvalue weighted by Crippen LogP contribution is 2.24. The molecule has 0 spiro atoms. The van der Waals surface area contributed by atoms with Crippen molar-refractivity contribution in [2.24, 2.45) is 5.73 Å². The Hall–Kier alpha value is -1.58. The van der Waals surface area contributed by atoms with E-state index in [4.69, 9.17) is 22.1 Å². The van der Waals surface area contributed by atoms with Crippen LogP contribution in [0, 0.1) is 6.92 Å². The van der Waals surface area contributed by atoms with Gasteiger partial charge in [0.2, 0.25) is 5.88 Å². The monoisotopic (exact) mass is 290 g/mol. The van der Waals surface area contributed by atoms with Gasteiger partial charge in [-0.1, -0.05) is 18.5 Å². The second kappa shape index (κ2) is 6.73. The molecule has 1 aromatic heterocycles. The Balaban J connectivity index is 2.11. The number of rotatable bonds is 5. The lowest BCUT2D eigenvalue weighted by atomic mass is 10.1. The molecule has 0 aliphatic heterocycles. The molecule has 20 heavy (non-hydrogen) atoms. The van der Waals surface area contributed by atoms with Gasteiger partial charge in [0.05, 0.1) is 0 Å². The molecule has 1 unspecified atom stereocenters. The van der Waals surface area contributed by atoms with Crippen molar-refractivity contribution in [3.05, 3.63) is 52.7 Å². The van der Waals surface area contributed by atoms with Crippen molar-refractivity contribution in [1.82, 2.24) is 4.98 Å². The van der Waals surface area contributed by atoms with Crippen molar-refractivity contribution in [3.8, 4) is 11.6 Å². The fraction of sp³-hybridized carbons (Fsp3) is 0.312. The van der Waals surface area contributed by atoms with E-state index in [1.807, 2.05) is 25.3 Å². The van der Waals surface area contributed by atoms with E-state index in [1.165, 1.54) is 0 Å². The number of aryl methyl sites for hydroxylation is 1. The fourth-order valence-electron chi connectivity index (χ4n) is 1.90. The number of ether oxygens (including phenoxy) is 1. The molecule has 0 aliphatic rings. The lowest BCUT2D eigenvalue weighted by molar-refractivity contribution is 0.458. The number of hydrogen-bond acceptors (Lipinski definition) is 3. The zero-order chi connectivity index (χ0) is 14.5. The topological polar surface area (TPSA) is 48.1 Å². The number of nitrogens with zero attached hydrogens (tertiary/aromatic N) is 1. The van der Waals surface area contributed by atoms with Gasteiger partial charge in [0.25, 0.3) is 0 Å². The maximum absolute atomic E-state index is 5.96. The standard InChI is InChI=1S/C16H19ClN2O/c1-3-14(18)9-12-8-11(2)16(19-10-12)20-15-6-4-13(17)5-7-15/h4-8,10,14H,3,9,18H2,1-2H3. The van der Waals surface area contributed by atoms with Crippen molar-refractivity contribution in [2.45, 2.75) is 32.7 Å². The average molecular weight is 291 g/mol. The number of benzene rings is 1. The summed E-state index contributed by atoms with van der Waals surface area (Å²) in [6, 6.07) is 9.49. The summed E-state index contributed by atoms with van der Waals surface area (Å²) < 4.78 is 5.75. The van der Waals surface area contributed by atoms with Gasteiger partial charge in [-0.3, -0.25) is 0 Å². The van der Waals surface area contributed by atoms with Gasteiger partial charge in [0, 0.05) is 22.8 Å². The van der Waals surface area contributed by atoms with E-state index in [9.17, 15) is 0 Å². The van der Waals surface area contributed by atoms with E-state index in [0.717, 1.165) is 29.7 Å². The lowest BCUT2D eigenvalue weighted by Crippen LogP contribution is -2.21. The van der Waals surface area contributed by atoms with Crippen LogP contribution in [0.15, 0.2) is 36.5 Å². The maximum Gasteiger partial charge on any atom is 0.222 e. The van der Waals surface area contributed by atoms with Gasteiger partial charge in [-0.25, -0.2) is 4.98 Å². The minimum absolute atomic E-state index is 0.180. The molecule has 4 heteroatoms. The fourth-order valence-corrected chi connectivity index (χ4v) is 2.03. The molecule has 0 fully saturated rings.